The predicted octanol–water partition coefficient (Wildman–Crippen LogP) is 1.73. The number of amides is 3. The average molecular weight is 473 g/mol. The zero-order valence-corrected chi connectivity index (χ0v) is 20.0. The molecule has 0 bridgehead atoms. The number of aryl methyl sites for hydroxylation is 2. The van der Waals surface area contributed by atoms with E-state index in [9.17, 15) is 14.4 Å². The lowest BCUT2D eigenvalue weighted by Gasteiger charge is -2.31. The molecule has 9 nitrogen and oxygen atoms in total. The van der Waals surface area contributed by atoms with Gasteiger partial charge in [0, 0.05) is 31.6 Å². The normalized spacial score (nSPS) is 21.7. The molecular formula is C23H32N6O3S. The van der Waals surface area contributed by atoms with Gasteiger partial charge in [0.2, 0.25) is 11.8 Å². The van der Waals surface area contributed by atoms with Gasteiger partial charge in [0.15, 0.2) is 0 Å². The monoisotopic (exact) mass is 472 g/mol. The number of nitrogens with two attached hydrogens (primary N) is 1. The Morgan fingerprint density at radius 2 is 2.03 bits per heavy atom. The fraction of sp³-hybridized carbons (Fsp3) is 0.565. The highest BCUT2D eigenvalue weighted by atomic mass is 32.1. The van der Waals surface area contributed by atoms with E-state index in [1.807, 2.05) is 6.07 Å². The molecule has 1 unspecified atom stereocenters. The summed E-state index contributed by atoms with van der Waals surface area (Å²) in [7, 11) is 3.30. The summed E-state index contributed by atoms with van der Waals surface area (Å²) in [6.07, 6.45) is 8.36. The fourth-order valence-electron chi connectivity index (χ4n) is 4.94. The quantitative estimate of drug-likeness (QED) is 0.509. The molecule has 10 heteroatoms. The lowest BCUT2D eigenvalue weighted by molar-refractivity contribution is -0.126. The molecule has 5 N–H and O–H groups in total. The Bertz CT molecular complexity index is 1040. The van der Waals surface area contributed by atoms with Gasteiger partial charge in [-0.2, -0.15) is 5.10 Å². The number of likely N-dealkylation sites (N-methyl/N-ethyl adjacent to an activating group) is 1. The third-order valence-corrected chi connectivity index (χ3v) is 7.98. The Morgan fingerprint density at radius 1 is 1.27 bits per heavy atom. The van der Waals surface area contributed by atoms with Gasteiger partial charge >= 0.3 is 0 Å². The summed E-state index contributed by atoms with van der Waals surface area (Å²) >= 11 is 1.46. The summed E-state index contributed by atoms with van der Waals surface area (Å²) in [5.41, 5.74) is 6.97. The predicted molar refractivity (Wildman–Crippen MR) is 127 cm³/mol. The number of aromatic nitrogens is 2. The Balaban J connectivity index is 1.50. The molecule has 3 amide bonds. The molecule has 2 aliphatic rings. The largest absolute Gasteiger partial charge is 0.358 e. The number of nitrogens with zero attached hydrogens (tertiary/aromatic N) is 2. The Kier molecular flexibility index (Phi) is 6.85. The average Bonchev–Trinajstić information content (AvgIpc) is 3.42. The van der Waals surface area contributed by atoms with E-state index < -0.39 is 11.6 Å². The maximum atomic E-state index is 13.4. The fourth-order valence-corrected chi connectivity index (χ4v) is 6.18. The number of fused-ring (bicyclic) bond motifs is 1. The van der Waals surface area contributed by atoms with E-state index in [2.05, 4.69) is 21.0 Å². The molecule has 1 fully saturated rings. The van der Waals surface area contributed by atoms with Crippen molar-refractivity contribution < 1.29 is 14.4 Å². The molecule has 0 aromatic carbocycles. The summed E-state index contributed by atoms with van der Waals surface area (Å²) in [5.74, 6) is -0.580. The van der Waals surface area contributed by atoms with Gasteiger partial charge in [0.25, 0.3) is 5.91 Å². The number of hydrogen-bond donors (Lipinski definition) is 4. The minimum Gasteiger partial charge on any atom is -0.358 e. The minimum absolute atomic E-state index is 0.0930. The van der Waals surface area contributed by atoms with Crippen molar-refractivity contribution in [1.82, 2.24) is 20.4 Å². The van der Waals surface area contributed by atoms with Crippen LogP contribution in [-0.4, -0.2) is 46.1 Å². The van der Waals surface area contributed by atoms with E-state index in [1.54, 1.807) is 26.4 Å². The molecule has 0 radical (unpaired) electrons. The summed E-state index contributed by atoms with van der Waals surface area (Å²) in [6, 6.07) is 3.00. The molecule has 33 heavy (non-hydrogen) atoms. The van der Waals surface area contributed by atoms with E-state index in [0.29, 0.717) is 25.0 Å². The topological polar surface area (TPSA) is 131 Å². The van der Waals surface area contributed by atoms with Crippen molar-refractivity contribution in [3.8, 4) is 0 Å². The van der Waals surface area contributed by atoms with E-state index in [4.69, 9.17) is 5.73 Å². The van der Waals surface area contributed by atoms with Crippen molar-refractivity contribution in [2.24, 2.45) is 18.7 Å². The number of thiophene rings is 1. The highest BCUT2D eigenvalue weighted by molar-refractivity contribution is 7.16. The molecule has 2 heterocycles. The van der Waals surface area contributed by atoms with Gasteiger partial charge in [-0.3, -0.25) is 19.1 Å². The van der Waals surface area contributed by atoms with Crippen LogP contribution in [0.1, 0.15) is 59.5 Å². The highest BCUT2D eigenvalue weighted by Gasteiger charge is 2.38. The number of carbonyl (C=O) groups is 3. The van der Waals surface area contributed by atoms with Gasteiger partial charge in [0.05, 0.1) is 5.00 Å². The molecule has 2 atom stereocenters. The molecule has 1 saturated carbocycles. The standard InChI is InChI=1S/C23H32N6O3S/c1-25-22(32)23(24)10-8-15-12-18(33-17(15)13-23)27-21(31)19(14-6-4-3-5-7-14)28-20(30)16-9-11-26-29(16)2/h9,11-12,14,19H,3-8,10,13,24H2,1-2H3,(H,25,32)(H,27,31)(H,28,30)/t19-,23?/m0/s1. The van der Waals surface area contributed by atoms with Crippen LogP contribution in [0, 0.1) is 5.92 Å². The number of anilines is 1. The Labute approximate surface area is 197 Å². The summed E-state index contributed by atoms with van der Waals surface area (Å²) < 4.78 is 1.50. The number of nitrogens with one attached hydrogen (secondary N) is 3. The Hall–Kier alpha value is -2.72. The van der Waals surface area contributed by atoms with Gasteiger partial charge in [-0.15, -0.1) is 11.3 Å². The van der Waals surface area contributed by atoms with Crippen molar-refractivity contribution in [3.05, 3.63) is 34.5 Å². The van der Waals surface area contributed by atoms with Crippen molar-refractivity contribution in [2.45, 2.75) is 62.9 Å². The summed E-state index contributed by atoms with van der Waals surface area (Å²) in [5, 5.41) is 13.4. The third-order valence-electron chi connectivity index (χ3n) is 6.88. The van der Waals surface area contributed by atoms with Gasteiger partial charge in [-0.05, 0) is 49.3 Å². The second-order valence-electron chi connectivity index (χ2n) is 9.15. The van der Waals surface area contributed by atoms with Crippen LogP contribution in [0.2, 0.25) is 0 Å². The zero-order valence-electron chi connectivity index (χ0n) is 19.1. The number of rotatable bonds is 6. The first-order chi connectivity index (χ1) is 15.8. The molecule has 2 aromatic rings. The van der Waals surface area contributed by atoms with Gasteiger partial charge in [0.1, 0.15) is 17.3 Å². The first-order valence-electron chi connectivity index (χ1n) is 11.5. The first-order valence-corrected chi connectivity index (χ1v) is 12.3. The van der Waals surface area contributed by atoms with E-state index in [1.165, 1.54) is 16.0 Å². The van der Waals surface area contributed by atoms with Crippen LogP contribution in [-0.2, 0) is 29.5 Å². The van der Waals surface area contributed by atoms with Crippen LogP contribution < -0.4 is 21.7 Å². The van der Waals surface area contributed by atoms with Crippen LogP contribution in [0.15, 0.2) is 18.3 Å². The number of carbonyl (C=O) groups excluding carboxylic acids is 3. The molecule has 178 valence electrons. The molecular weight excluding hydrogens is 440 g/mol. The van der Waals surface area contributed by atoms with Crippen LogP contribution in [0.3, 0.4) is 0 Å². The Morgan fingerprint density at radius 3 is 2.70 bits per heavy atom. The van der Waals surface area contributed by atoms with Gasteiger partial charge in [-0.25, -0.2) is 0 Å². The van der Waals surface area contributed by atoms with Crippen LogP contribution in [0.5, 0.6) is 0 Å². The summed E-state index contributed by atoms with van der Waals surface area (Å²) in [6.45, 7) is 0. The highest BCUT2D eigenvalue weighted by Crippen LogP contribution is 2.36. The van der Waals surface area contributed by atoms with Crippen LogP contribution >= 0.6 is 11.3 Å². The van der Waals surface area contributed by atoms with Crippen LogP contribution in [0.4, 0.5) is 5.00 Å². The minimum atomic E-state index is -0.921. The lowest BCUT2D eigenvalue weighted by atomic mass is 9.82. The van der Waals surface area contributed by atoms with Gasteiger partial charge < -0.3 is 21.7 Å². The van der Waals surface area contributed by atoms with Gasteiger partial charge in [-0.1, -0.05) is 19.3 Å². The van der Waals surface area contributed by atoms with Crippen molar-refractivity contribution in [3.63, 3.8) is 0 Å². The van der Waals surface area contributed by atoms with Crippen molar-refractivity contribution in [2.75, 3.05) is 12.4 Å². The molecule has 0 spiro atoms. The molecule has 2 aromatic heterocycles. The second-order valence-corrected chi connectivity index (χ2v) is 10.3. The van der Waals surface area contributed by atoms with Crippen molar-refractivity contribution in [1.29, 1.82) is 0 Å². The number of hydrogen-bond acceptors (Lipinski definition) is 6. The maximum absolute atomic E-state index is 13.4. The van der Waals surface area contributed by atoms with Crippen molar-refractivity contribution >= 4 is 34.1 Å². The summed E-state index contributed by atoms with van der Waals surface area (Å²) in [4.78, 5) is 39.5. The van der Waals surface area contributed by atoms with Crippen LogP contribution in [0.25, 0.3) is 0 Å². The lowest BCUT2D eigenvalue weighted by Crippen LogP contribution is -2.56. The molecule has 0 saturated heterocycles. The second kappa shape index (κ2) is 9.64. The van der Waals surface area contributed by atoms with E-state index >= 15 is 0 Å². The third kappa shape index (κ3) is 4.96. The molecule has 2 aliphatic carbocycles. The van der Waals surface area contributed by atoms with E-state index in [0.717, 1.165) is 47.5 Å². The van der Waals surface area contributed by atoms with E-state index in [-0.39, 0.29) is 23.6 Å². The molecule has 0 aliphatic heterocycles. The zero-order chi connectivity index (χ0) is 23.6. The molecule has 4 rings (SSSR count). The first kappa shape index (κ1) is 23.4. The maximum Gasteiger partial charge on any atom is 0.270 e. The smallest absolute Gasteiger partial charge is 0.270 e. The SMILES string of the molecule is CNC(=O)C1(N)CCc2cc(NC(=O)[C@@H](NC(=O)c3ccnn3C)C3CCCCC3)sc2C1.